The summed E-state index contributed by atoms with van der Waals surface area (Å²) in [5, 5.41) is 10.9. The molecule has 0 unspecified atom stereocenters. The highest BCUT2D eigenvalue weighted by molar-refractivity contribution is 5.56. The third kappa shape index (κ3) is 1.40. The van der Waals surface area contributed by atoms with E-state index in [2.05, 4.69) is 0 Å². The number of benzene rings is 1. The Morgan fingerprint density at radius 2 is 2.18 bits per heavy atom. The first-order chi connectivity index (χ1) is 7.90. The normalized spacial score (nSPS) is 27.7. The molecule has 0 spiro atoms. The Hall–Kier alpha value is -1.69. The first-order valence-corrected chi connectivity index (χ1v) is 5.22. The van der Waals surface area contributed by atoms with Crippen molar-refractivity contribution in [2.24, 2.45) is 0 Å². The van der Waals surface area contributed by atoms with Crippen LogP contribution in [0.3, 0.4) is 0 Å². The summed E-state index contributed by atoms with van der Waals surface area (Å²) in [6.07, 6.45) is -0.445. The lowest BCUT2D eigenvalue weighted by atomic mass is 9.94. The summed E-state index contributed by atoms with van der Waals surface area (Å²) in [5.41, 5.74) is -0.539. The zero-order chi connectivity index (χ0) is 12.4. The number of fused-ring (bicyclic) bond motifs is 3. The molecule has 1 aromatic carbocycles. The van der Waals surface area contributed by atoms with Crippen LogP contribution in [0.1, 0.15) is 25.5 Å². The number of nitrogens with zero attached hydrogens (tertiary/aromatic N) is 1. The van der Waals surface area contributed by atoms with E-state index in [1.807, 2.05) is 0 Å². The molecule has 2 atom stereocenters. The zero-order valence-corrected chi connectivity index (χ0v) is 9.27. The molecule has 1 saturated heterocycles. The van der Waals surface area contributed by atoms with Crippen molar-refractivity contribution in [2.45, 2.75) is 31.7 Å². The fraction of sp³-hybridized carbons (Fsp3) is 0.455. The molecule has 0 aliphatic carbocycles. The summed E-state index contributed by atoms with van der Waals surface area (Å²) >= 11 is 0. The molecule has 0 amide bonds. The highest BCUT2D eigenvalue weighted by Gasteiger charge is 2.58. The van der Waals surface area contributed by atoms with E-state index in [1.165, 1.54) is 6.07 Å². The number of nitro benzene ring substituents is 1. The Morgan fingerprint density at radius 3 is 2.82 bits per heavy atom. The fourth-order valence-corrected chi connectivity index (χ4v) is 2.26. The number of ether oxygens (including phenoxy) is 2. The lowest BCUT2D eigenvalue weighted by molar-refractivity contribution is -0.386. The van der Waals surface area contributed by atoms with Gasteiger partial charge in [-0.05, 0) is 19.9 Å². The van der Waals surface area contributed by atoms with Crippen LogP contribution in [0.15, 0.2) is 12.1 Å². The molecule has 0 radical (unpaired) electrons. The van der Waals surface area contributed by atoms with Crippen LogP contribution >= 0.6 is 0 Å². The zero-order valence-electron chi connectivity index (χ0n) is 9.27. The van der Waals surface area contributed by atoms with E-state index in [-0.39, 0.29) is 23.6 Å². The van der Waals surface area contributed by atoms with Crippen molar-refractivity contribution >= 4 is 5.69 Å². The standard InChI is InChI=1S/C11H10FNO4/c1-11(2)10-9(16-10)6-3-5(12)4-7(13(14)15)8(6)17-11/h3-4,9-10H,1-2H3/t9-,10-/m0/s1. The number of epoxide rings is 1. The number of nitro groups is 1. The predicted octanol–water partition coefficient (Wildman–Crippen LogP) is 2.34. The van der Waals surface area contributed by atoms with Crippen LogP contribution in [-0.2, 0) is 4.74 Å². The monoisotopic (exact) mass is 239 g/mol. The van der Waals surface area contributed by atoms with Gasteiger partial charge in [0.15, 0.2) is 0 Å². The van der Waals surface area contributed by atoms with Gasteiger partial charge in [0, 0.05) is 5.56 Å². The van der Waals surface area contributed by atoms with Crippen molar-refractivity contribution in [2.75, 3.05) is 0 Å². The van der Waals surface area contributed by atoms with Crippen LogP contribution in [0, 0.1) is 15.9 Å². The van der Waals surface area contributed by atoms with E-state index in [9.17, 15) is 14.5 Å². The third-order valence-electron chi connectivity index (χ3n) is 3.11. The molecule has 5 nitrogen and oxygen atoms in total. The molecular weight excluding hydrogens is 229 g/mol. The largest absolute Gasteiger partial charge is 0.478 e. The van der Waals surface area contributed by atoms with Gasteiger partial charge in [-0.15, -0.1) is 0 Å². The maximum Gasteiger partial charge on any atom is 0.314 e. The van der Waals surface area contributed by atoms with Crippen LogP contribution in [0.5, 0.6) is 5.75 Å². The molecule has 1 fully saturated rings. The summed E-state index contributed by atoms with van der Waals surface area (Å²) < 4.78 is 24.3. The van der Waals surface area contributed by atoms with E-state index in [0.717, 1.165) is 6.07 Å². The first kappa shape index (κ1) is 10.5. The molecule has 3 rings (SSSR count). The average Bonchev–Trinajstić information content (AvgIpc) is 2.98. The van der Waals surface area contributed by atoms with Crippen molar-refractivity contribution in [1.82, 2.24) is 0 Å². The van der Waals surface area contributed by atoms with Gasteiger partial charge < -0.3 is 9.47 Å². The molecule has 0 N–H and O–H groups in total. The van der Waals surface area contributed by atoms with Gasteiger partial charge in [0.25, 0.3) is 0 Å². The molecule has 17 heavy (non-hydrogen) atoms. The van der Waals surface area contributed by atoms with Crippen LogP contribution in [-0.4, -0.2) is 16.6 Å². The second-order valence-electron chi connectivity index (χ2n) is 4.78. The van der Waals surface area contributed by atoms with Crippen molar-refractivity contribution in [3.63, 3.8) is 0 Å². The van der Waals surface area contributed by atoms with E-state index in [1.54, 1.807) is 13.8 Å². The molecule has 2 aliphatic rings. The highest BCUT2D eigenvalue weighted by atomic mass is 19.1. The third-order valence-corrected chi connectivity index (χ3v) is 3.11. The Kier molecular flexibility index (Phi) is 1.82. The predicted molar refractivity (Wildman–Crippen MR) is 55.4 cm³/mol. The van der Waals surface area contributed by atoms with Gasteiger partial charge in [-0.3, -0.25) is 10.1 Å². The summed E-state index contributed by atoms with van der Waals surface area (Å²) in [6.45, 7) is 3.60. The lowest BCUT2D eigenvalue weighted by Gasteiger charge is -2.28. The number of hydrogen-bond donors (Lipinski definition) is 0. The minimum absolute atomic E-state index is 0.125. The van der Waals surface area contributed by atoms with Gasteiger partial charge in [-0.1, -0.05) is 0 Å². The maximum absolute atomic E-state index is 13.3. The summed E-state index contributed by atoms with van der Waals surface area (Å²) in [6, 6.07) is 2.11. The van der Waals surface area contributed by atoms with E-state index in [4.69, 9.17) is 9.47 Å². The van der Waals surface area contributed by atoms with Crippen LogP contribution in [0.25, 0.3) is 0 Å². The quantitative estimate of drug-likeness (QED) is 0.428. The number of hydrogen-bond acceptors (Lipinski definition) is 4. The van der Waals surface area contributed by atoms with E-state index < -0.39 is 16.3 Å². The second kappa shape index (κ2) is 2.95. The second-order valence-corrected chi connectivity index (χ2v) is 4.78. The molecule has 1 aromatic rings. The minimum atomic E-state index is -0.645. The Bertz CT molecular complexity index is 528. The van der Waals surface area contributed by atoms with Gasteiger partial charge >= 0.3 is 5.69 Å². The molecule has 90 valence electrons. The van der Waals surface area contributed by atoms with Crippen LogP contribution in [0.4, 0.5) is 10.1 Å². The number of rotatable bonds is 1. The molecule has 0 aromatic heterocycles. The Labute approximate surface area is 96.3 Å². The molecule has 2 aliphatic heterocycles. The minimum Gasteiger partial charge on any atom is -0.478 e. The van der Waals surface area contributed by atoms with Crippen molar-refractivity contribution in [3.8, 4) is 5.75 Å². The van der Waals surface area contributed by atoms with E-state index >= 15 is 0 Å². The summed E-state index contributed by atoms with van der Waals surface area (Å²) in [7, 11) is 0. The Morgan fingerprint density at radius 1 is 1.47 bits per heavy atom. The molecule has 0 bridgehead atoms. The van der Waals surface area contributed by atoms with Crippen LogP contribution < -0.4 is 4.74 Å². The topological polar surface area (TPSA) is 64.9 Å². The van der Waals surface area contributed by atoms with Gasteiger partial charge in [0.1, 0.15) is 23.6 Å². The maximum atomic E-state index is 13.3. The fourth-order valence-electron chi connectivity index (χ4n) is 2.26. The van der Waals surface area contributed by atoms with Gasteiger partial charge in [-0.25, -0.2) is 4.39 Å². The SMILES string of the molecule is CC1(C)Oc2c(cc(F)cc2[N+](=O)[O-])[C@@H]2O[C@@H]21. The van der Waals surface area contributed by atoms with Gasteiger partial charge in [0.2, 0.25) is 5.75 Å². The average molecular weight is 239 g/mol. The summed E-state index contributed by atoms with van der Waals surface area (Å²) in [5.74, 6) is -0.520. The number of halogens is 1. The molecule has 2 heterocycles. The lowest BCUT2D eigenvalue weighted by Crippen LogP contribution is -2.38. The van der Waals surface area contributed by atoms with Gasteiger partial charge in [0.05, 0.1) is 11.0 Å². The van der Waals surface area contributed by atoms with Gasteiger partial charge in [-0.2, -0.15) is 0 Å². The van der Waals surface area contributed by atoms with Crippen molar-refractivity contribution < 1.29 is 18.8 Å². The first-order valence-electron chi connectivity index (χ1n) is 5.22. The molecule has 0 saturated carbocycles. The molecular formula is C11H10FNO4. The smallest absolute Gasteiger partial charge is 0.314 e. The highest BCUT2D eigenvalue weighted by Crippen LogP contribution is 2.56. The van der Waals surface area contributed by atoms with Crippen LogP contribution in [0.2, 0.25) is 0 Å². The molecule has 6 heteroatoms. The van der Waals surface area contributed by atoms with Crippen molar-refractivity contribution in [1.29, 1.82) is 0 Å². The van der Waals surface area contributed by atoms with Crippen molar-refractivity contribution in [3.05, 3.63) is 33.6 Å². The Balaban J connectivity index is 2.20. The van der Waals surface area contributed by atoms with E-state index in [0.29, 0.717) is 5.56 Å². The summed E-state index contributed by atoms with van der Waals surface area (Å²) in [4.78, 5) is 10.2.